The van der Waals surface area contributed by atoms with E-state index in [4.69, 9.17) is 5.73 Å². The van der Waals surface area contributed by atoms with Crippen LogP contribution in [0.1, 0.15) is 6.92 Å². The summed E-state index contributed by atoms with van der Waals surface area (Å²) in [5.74, 6) is 1.30. The lowest BCUT2D eigenvalue weighted by molar-refractivity contribution is 0.786. The molecule has 0 radical (unpaired) electrons. The van der Waals surface area contributed by atoms with Crippen molar-refractivity contribution in [1.29, 1.82) is 0 Å². The number of anilines is 1. The number of nitrogen functional groups attached to an aromatic ring is 1. The van der Waals surface area contributed by atoms with E-state index in [2.05, 4.69) is 21.9 Å². The molecule has 0 aliphatic rings. The van der Waals surface area contributed by atoms with Gasteiger partial charge in [0.15, 0.2) is 17.0 Å². The molecule has 2 N–H and O–H groups in total. The van der Waals surface area contributed by atoms with Gasteiger partial charge in [0.05, 0.1) is 0 Å². The van der Waals surface area contributed by atoms with Crippen LogP contribution in [0.3, 0.4) is 0 Å². The van der Waals surface area contributed by atoms with Gasteiger partial charge in [-0.05, 0) is 6.92 Å². The van der Waals surface area contributed by atoms with Gasteiger partial charge in [-0.3, -0.25) is 0 Å². The van der Waals surface area contributed by atoms with Gasteiger partial charge in [0.1, 0.15) is 12.2 Å². The van der Waals surface area contributed by atoms with Gasteiger partial charge in [-0.25, -0.2) is 15.0 Å². The van der Waals surface area contributed by atoms with Crippen molar-refractivity contribution >= 4 is 17.0 Å². The number of fused-ring (bicyclic) bond motifs is 1. The van der Waals surface area contributed by atoms with Gasteiger partial charge in [-0.15, -0.1) is 0 Å². The summed E-state index contributed by atoms with van der Waals surface area (Å²) in [5, 5.41) is 0. The first kappa shape index (κ1) is 10.7. The third kappa shape index (κ3) is 1.52. The minimum atomic E-state index is 0.421. The number of aryl methyl sites for hydroxylation is 1. The zero-order valence-corrected chi connectivity index (χ0v) is 10.0. The standard InChI is InChI=1S/C13H13N5/c1-2-18-12(9-6-4-3-5-7-9)17-10-11(14)15-8-16-13(10)18/h3-8H,2H2,1H3,(H2,14,15,16). The monoisotopic (exact) mass is 239 g/mol. The van der Waals surface area contributed by atoms with Crippen molar-refractivity contribution in [3.05, 3.63) is 36.7 Å². The van der Waals surface area contributed by atoms with E-state index < -0.39 is 0 Å². The van der Waals surface area contributed by atoms with Crippen LogP contribution in [0.5, 0.6) is 0 Å². The highest BCUT2D eigenvalue weighted by atomic mass is 15.1. The van der Waals surface area contributed by atoms with E-state index in [1.54, 1.807) is 0 Å². The minimum Gasteiger partial charge on any atom is -0.382 e. The molecule has 2 heterocycles. The van der Waals surface area contributed by atoms with Crippen molar-refractivity contribution in [2.45, 2.75) is 13.5 Å². The highest BCUT2D eigenvalue weighted by molar-refractivity contribution is 5.85. The summed E-state index contributed by atoms with van der Waals surface area (Å²) in [4.78, 5) is 12.8. The predicted molar refractivity (Wildman–Crippen MR) is 70.8 cm³/mol. The molecular weight excluding hydrogens is 226 g/mol. The Bertz CT molecular complexity index is 687. The molecule has 0 aliphatic heterocycles. The molecule has 1 aromatic carbocycles. The van der Waals surface area contributed by atoms with Gasteiger partial charge in [-0.1, -0.05) is 30.3 Å². The summed E-state index contributed by atoms with van der Waals surface area (Å²) in [5.41, 5.74) is 8.34. The highest BCUT2D eigenvalue weighted by Crippen LogP contribution is 2.25. The Labute approximate surface area is 104 Å². The Morgan fingerprint density at radius 2 is 1.94 bits per heavy atom. The molecular formula is C13H13N5. The van der Waals surface area contributed by atoms with E-state index in [0.717, 1.165) is 23.6 Å². The summed E-state index contributed by atoms with van der Waals surface area (Å²) >= 11 is 0. The second-order valence-corrected chi connectivity index (χ2v) is 3.98. The Kier molecular flexibility index (Phi) is 2.44. The van der Waals surface area contributed by atoms with Crippen molar-refractivity contribution in [3.63, 3.8) is 0 Å². The van der Waals surface area contributed by atoms with E-state index in [9.17, 15) is 0 Å². The van der Waals surface area contributed by atoms with Crippen molar-refractivity contribution in [1.82, 2.24) is 19.5 Å². The second kappa shape index (κ2) is 4.10. The number of rotatable bonds is 2. The van der Waals surface area contributed by atoms with Crippen LogP contribution in [0.2, 0.25) is 0 Å². The van der Waals surface area contributed by atoms with Crippen LogP contribution < -0.4 is 5.73 Å². The summed E-state index contributed by atoms with van der Waals surface area (Å²) in [7, 11) is 0. The predicted octanol–water partition coefficient (Wildman–Crippen LogP) is 2.10. The molecule has 0 saturated carbocycles. The summed E-state index contributed by atoms with van der Waals surface area (Å²) in [6.45, 7) is 2.85. The molecule has 5 heteroatoms. The maximum absolute atomic E-state index is 5.84. The molecule has 0 aliphatic carbocycles. The average Bonchev–Trinajstić information content (AvgIpc) is 2.80. The maximum atomic E-state index is 5.84. The van der Waals surface area contributed by atoms with E-state index in [1.165, 1.54) is 6.33 Å². The summed E-state index contributed by atoms with van der Waals surface area (Å²) in [6, 6.07) is 10.0. The quantitative estimate of drug-likeness (QED) is 0.743. The normalized spacial score (nSPS) is 10.9. The third-order valence-electron chi connectivity index (χ3n) is 2.91. The number of benzene rings is 1. The summed E-state index contributed by atoms with van der Waals surface area (Å²) in [6.07, 6.45) is 1.47. The van der Waals surface area contributed by atoms with Crippen LogP contribution >= 0.6 is 0 Å². The van der Waals surface area contributed by atoms with E-state index in [0.29, 0.717) is 11.3 Å². The van der Waals surface area contributed by atoms with Crippen LogP contribution in [-0.2, 0) is 6.54 Å². The van der Waals surface area contributed by atoms with Gasteiger partial charge in [-0.2, -0.15) is 0 Å². The molecule has 5 nitrogen and oxygen atoms in total. The first-order valence-corrected chi connectivity index (χ1v) is 5.83. The van der Waals surface area contributed by atoms with Crippen LogP contribution in [0.4, 0.5) is 5.82 Å². The number of nitrogens with two attached hydrogens (primary N) is 1. The second-order valence-electron chi connectivity index (χ2n) is 3.98. The highest BCUT2D eigenvalue weighted by Gasteiger charge is 2.14. The molecule has 0 amide bonds. The zero-order chi connectivity index (χ0) is 12.5. The molecule has 0 bridgehead atoms. The van der Waals surface area contributed by atoms with Crippen LogP contribution in [-0.4, -0.2) is 19.5 Å². The molecule has 0 spiro atoms. The largest absolute Gasteiger partial charge is 0.382 e. The van der Waals surface area contributed by atoms with Crippen molar-refractivity contribution in [3.8, 4) is 11.4 Å². The fourth-order valence-corrected chi connectivity index (χ4v) is 2.06. The van der Waals surface area contributed by atoms with Crippen molar-refractivity contribution < 1.29 is 0 Å². The SMILES string of the molecule is CCn1c(-c2ccccc2)nc2c(N)ncnc21. The molecule has 0 unspecified atom stereocenters. The molecule has 0 atom stereocenters. The zero-order valence-electron chi connectivity index (χ0n) is 10.0. The molecule has 18 heavy (non-hydrogen) atoms. The fourth-order valence-electron chi connectivity index (χ4n) is 2.06. The molecule has 90 valence electrons. The number of nitrogens with zero attached hydrogens (tertiary/aromatic N) is 4. The van der Waals surface area contributed by atoms with E-state index in [1.807, 2.05) is 34.9 Å². The Morgan fingerprint density at radius 1 is 1.17 bits per heavy atom. The molecule has 3 aromatic rings. The number of imidazole rings is 1. The first-order valence-electron chi connectivity index (χ1n) is 5.83. The van der Waals surface area contributed by atoms with E-state index >= 15 is 0 Å². The Hall–Kier alpha value is -2.43. The number of hydrogen-bond donors (Lipinski definition) is 1. The smallest absolute Gasteiger partial charge is 0.165 e. The third-order valence-corrected chi connectivity index (χ3v) is 2.91. The molecule has 0 saturated heterocycles. The maximum Gasteiger partial charge on any atom is 0.165 e. The van der Waals surface area contributed by atoms with E-state index in [-0.39, 0.29) is 0 Å². The van der Waals surface area contributed by atoms with Gasteiger partial charge < -0.3 is 10.3 Å². The molecule has 0 fully saturated rings. The lowest BCUT2D eigenvalue weighted by Gasteiger charge is -2.04. The molecule has 3 rings (SSSR count). The van der Waals surface area contributed by atoms with Crippen LogP contribution in [0.15, 0.2) is 36.7 Å². The Balaban J connectivity index is 2.33. The average molecular weight is 239 g/mol. The number of hydrogen-bond acceptors (Lipinski definition) is 4. The topological polar surface area (TPSA) is 69.6 Å². The van der Waals surface area contributed by atoms with Gasteiger partial charge in [0.25, 0.3) is 0 Å². The fraction of sp³-hybridized carbons (Fsp3) is 0.154. The van der Waals surface area contributed by atoms with Gasteiger partial charge in [0.2, 0.25) is 0 Å². The van der Waals surface area contributed by atoms with Gasteiger partial charge in [0, 0.05) is 12.1 Å². The van der Waals surface area contributed by atoms with Crippen molar-refractivity contribution in [2.75, 3.05) is 5.73 Å². The molecule has 2 aromatic heterocycles. The minimum absolute atomic E-state index is 0.421. The van der Waals surface area contributed by atoms with Crippen LogP contribution in [0, 0.1) is 0 Å². The summed E-state index contributed by atoms with van der Waals surface area (Å²) < 4.78 is 2.04. The van der Waals surface area contributed by atoms with Crippen LogP contribution in [0.25, 0.3) is 22.6 Å². The lowest BCUT2D eigenvalue weighted by atomic mass is 10.2. The number of aromatic nitrogens is 4. The lowest BCUT2D eigenvalue weighted by Crippen LogP contribution is -1.99. The van der Waals surface area contributed by atoms with Gasteiger partial charge >= 0.3 is 0 Å². The Morgan fingerprint density at radius 3 is 2.67 bits per heavy atom. The first-order chi connectivity index (χ1) is 8.81. The van der Waals surface area contributed by atoms with Crippen molar-refractivity contribution in [2.24, 2.45) is 0 Å².